The predicted molar refractivity (Wildman–Crippen MR) is 80.0 cm³/mol. The first-order valence-electron chi connectivity index (χ1n) is 6.80. The molecule has 0 radical (unpaired) electrons. The van der Waals surface area contributed by atoms with Crippen molar-refractivity contribution in [1.29, 1.82) is 0 Å². The number of aromatic amines is 1. The molecule has 7 nitrogen and oxygen atoms in total. The van der Waals surface area contributed by atoms with Crippen LogP contribution in [0, 0.1) is 0 Å². The summed E-state index contributed by atoms with van der Waals surface area (Å²) >= 11 is 0. The van der Waals surface area contributed by atoms with Gasteiger partial charge >= 0.3 is 5.97 Å². The Hall–Kier alpha value is -3.35. The monoisotopic (exact) mass is 311 g/mol. The lowest BCUT2D eigenvalue weighted by atomic mass is 10.1. The SMILES string of the molecule is NC(=O)c1[nH]cnc1OC(=O)c1coc(Cc2ccccc2)c1. The highest BCUT2D eigenvalue weighted by Crippen LogP contribution is 2.17. The Labute approximate surface area is 131 Å². The number of carbonyl (C=O) groups is 2. The molecule has 0 fully saturated rings. The van der Waals surface area contributed by atoms with Crippen LogP contribution in [-0.2, 0) is 6.42 Å². The van der Waals surface area contributed by atoms with Crippen LogP contribution in [0.3, 0.4) is 0 Å². The standard InChI is InChI=1S/C16H13N3O4/c17-14(20)13-15(19-9-18-13)23-16(21)11-7-12(22-8-11)6-10-4-2-1-3-5-10/h1-5,7-9H,6H2,(H2,17,20)(H,18,19). The van der Waals surface area contributed by atoms with Crippen molar-refractivity contribution in [2.75, 3.05) is 0 Å². The van der Waals surface area contributed by atoms with Crippen molar-refractivity contribution in [2.24, 2.45) is 5.73 Å². The maximum Gasteiger partial charge on any atom is 0.348 e. The maximum atomic E-state index is 12.1. The first-order valence-corrected chi connectivity index (χ1v) is 6.80. The van der Waals surface area contributed by atoms with Gasteiger partial charge in [0.05, 0.1) is 11.9 Å². The molecule has 0 unspecified atom stereocenters. The van der Waals surface area contributed by atoms with Gasteiger partial charge in [-0.05, 0) is 11.6 Å². The Balaban J connectivity index is 1.71. The summed E-state index contributed by atoms with van der Waals surface area (Å²) in [6.07, 6.45) is 3.08. The number of hydrogen-bond donors (Lipinski definition) is 2. The van der Waals surface area contributed by atoms with Gasteiger partial charge in [-0.1, -0.05) is 30.3 Å². The summed E-state index contributed by atoms with van der Waals surface area (Å²) in [4.78, 5) is 29.5. The molecule has 0 saturated carbocycles. The van der Waals surface area contributed by atoms with Gasteiger partial charge in [0.1, 0.15) is 12.0 Å². The van der Waals surface area contributed by atoms with E-state index in [-0.39, 0.29) is 17.1 Å². The normalized spacial score (nSPS) is 10.4. The molecule has 3 rings (SSSR count). The van der Waals surface area contributed by atoms with Crippen molar-refractivity contribution in [2.45, 2.75) is 6.42 Å². The van der Waals surface area contributed by atoms with Gasteiger partial charge < -0.3 is 19.9 Å². The van der Waals surface area contributed by atoms with Gasteiger partial charge in [-0.2, -0.15) is 0 Å². The van der Waals surface area contributed by atoms with Crippen LogP contribution in [-0.4, -0.2) is 21.8 Å². The minimum Gasteiger partial charge on any atom is -0.468 e. The summed E-state index contributed by atoms with van der Waals surface area (Å²) in [5.74, 6) is -0.974. The summed E-state index contributed by atoms with van der Waals surface area (Å²) in [5.41, 5.74) is 6.37. The number of hydrogen-bond acceptors (Lipinski definition) is 5. The largest absolute Gasteiger partial charge is 0.468 e. The molecular weight excluding hydrogens is 298 g/mol. The van der Waals surface area contributed by atoms with Crippen LogP contribution >= 0.6 is 0 Å². The minimum atomic E-state index is -0.762. The lowest BCUT2D eigenvalue weighted by molar-refractivity contribution is 0.0725. The number of nitrogens with one attached hydrogen (secondary N) is 1. The number of amides is 1. The number of primary amides is 1. The third-order valence-electron chi connectivity index (χ3n) is 3.15. The Morgan fingerprint density at radius 2 is 2.04 bits per heavy atom. The number of furan rings is 1. The summed E-state index contributed by atoms with van der Waals surface area (Å²) in [7, 11) is 0. The molecule has 3 aromatic rings. The number of rotatable bonds is 5. The number of ether oxygens (including phenoxy) is 1. The zero-order valence-electron chi connectivity index (χ0n) is 12.0. The number of carbonyl (C=O) groups excluding carboxylic acids is 2. The Morgan fingerprint density at radius 1 is 1.26 bits per heavy atom. The molecule has 0 bridgehead atoms. The van der Waals surface area contributed by atoms with E-state index in [9.17, 15) is 9.59 Å². The van der Waals surface area contributed by atoms with Crippen LogP contribution in [0.4, 0.5) is 0 Å². The van der Waals surface area contributed by atoms with E-state index in [1.54, 1.807) is 6.07 Å². The van der Waals surface area contributed by atoms with Gasteiger partial charge in [-0.15, -0.1) is 0 Å². The molecule has 1 amide bonds. The van der Waals surface area contributed by atoms with Crippen molar-refractivity contribution in [1.82, 2.24) is 9.97 Å². The van der Waals surface area contributed by atoms with Crippen LogP contribution in [0.2, 0.25) is 0 Å². The molecule has 0 aliphatic heterocycles. The number of benzene rings is 1. The molecule has 7 heteroatoms. The molecule has 2 heterocycles. The fraction of sp³-hybridized carbons (Fsp3) is 0.0625. The van der Waals surface area contributed by atoms with Crippen molar-refractivity contribution in [3.63, 3.8) is 0 Å². The van der Waals surface area contributed by atoms with Gasteiger partial charge in [0.25, 0.3) is 11.8 Å². The molecule has 0 saturated heterocycles. The average molecular weight is 311 g/mol. The third kappa shape index (κ3) is 3.29. The van der Waals surface area contributed by atoms with Gasteiger partial charge in [-0.3, -0.25) is 4.79 Å². The van der Waals surface area contributed by atoms with E-state index in [4.69, 9.17) is 14.9 Å². The maximum absolute atomic E-state index is 12.1. The molecule has 116 valence electrons. The molecule has 0 aliphatic carbocycles. The summed E-state index contributed by atoms with van der Waals surface area (Å²) in [6.45, 7) is 0. The van der Waals surface area contributed by atoms with E-state index in [0.29, 0.717) is 12.2 Å². The average Bonchev–Trinajstić information content (AvgIpc) is 3.17. The molecule has 0 spiro atoms. The second-order valence-corrected chi connectivity index (χ2v) is 4.80. The highest BCUT2D eigenvalue weighted by atomic mass is 16.5. The first-order chi connectivity index (χ1) is 11.1. The highest BCUT2D eigenvalue weighted by molar-refractivity contribution is 5.96. The lowest BCUT2D eigenvalue weighted by Crippen LogP contribution is -2.15. The number of nitrogens with two attached hydrogens (primary N) is 1. The van der Waals surface area contributed by atoms with Crippen molar-refractivity contribution in [3.05, 3.63) is 71.6 Å². The van der Waals surface area contributed by atoms with Crippen molar-refractivity contribution >= 4 is 11.9 Å². The van der Waals surface area contributed by atoms with Gasteiger partial charge in [0, 0.05) is 6.42 Å². The predicted octanol–water partition coefficient (Wildman–Crippen LogP) is 1.91. The Kier molecular flexibility index (Phi) is 3.92. The molecule has 3 N–H and O–H groups in total. The second-order valence-electron chi connectivity index (χ2n) is 4.80. The van der Waals surface area contributed by atoms with E-state index >= 15 is 0 Å². The molecular formula is C16H13N3O4. The topological polar surface area (TPSA) is 111 Å². The fourth-order valence-corrected chi connectivity index (χ4v) is 2.06. The Morgan fingerprint density at radius 3 is 2.78 bits per heavy atom. The Bertz CT molecular complexity index is 836. The van der Waals surface area contributed by atoms with E-state index < -0.39 is 11.9 Å². The molecule has 1 aromatic carbocycles. The molecule has 0 aliphatic rings. The van der Waals surface area contributed by atoms with Gasteiger partial charge in [0.2, 0.25) is 0 Å². The van der Waals surface area contributed by atoms with E-state index in [2.05, 4.69) is 9.97 Å². The highest BCUT2D eigenvalue weighted by Gasteiger charge is 2.19. The summed E-state index contributed by atoms with van der Waals surface area (Å²) < 4.78 is 10.4. The van der Waals surface area contributed by atoms with Crippen molar-refractivity contribution in [3.8, 4) is 5.88 Å². The molecule has 23 heavy (non-hydrogen) atoms. The lowest BCUT2D eigenvalue weighted by Gasteiger charge is -1.99. The van der Waals surface area contributed by atoms with Crippen molar-refractivity contribution < 1.29 is 18.7 Å². The van der Waals surface area contributed by atoms with E-state index in [1.807, 2.05) is 30.3 Å². The van der Waals surface area contributed by atoms with Gasteiger partial charge in [0.15, 0.2) is 5.69 Å². The van der Waals surface area contributed by atoms with E-state index in [0.717, 1.165) is 5.56 Å². The van der Waals surface area contributed by atoms with Crippen LogP contribution in [0.1, 0.15) is 32.2 Å². The number of nitrogens with zero attached hydrogens (tertiary/aromatic N) is 1. The first kappa shape index (κ1) is 14.6. The zero-order valence-corrected chi connectivity index (χ0v) is 12.0. The third-order valence-corrected chi connectivity index (χ3v) is 3.15. The number of esters is 1. The van der Waals surface area contributed by atoms with Crippen LogP contribution < -0.4 is 10.5 Å². The van der Waals surface area contributed by atoms with E-state index in [1.165, 1.54) is 12.6 Å². The van der Waals surface area contributed by atoms with Crippen LogP contribution in [0.15, 0.2) is 53.4 Å². The fourth-order valence-electron chi connectivity index (χ4n) is 2.06. The smallest absolute Gasteiger partial charge is 0.348 e. The molecule has 2 aromatic heterocycles. The quantitative estimate of drug-likeness (QED) is 0.699. The number of H-pyrrole nitrogens is 1. The number of aromatic nitrogens is 2. The molecule has 0 atom stereocenters. The summed E-state index contributed by atoms with van der Waals surface area (Å²) in [6, 6.07) is 11.3. The summed E-state index contributed by atoms with van der Waals surface area (Å²) in [5, 5.41) is 0. The van der Waals surface area contributed by atoms with Crippen LogP contribution in [0.5, 0.6) is 5.88 Å². The van der Waals surface area contributed by atoms with Gasteiger partial charge in [-0.25, -0.2) is 9.78 Å². The minimum absolute atomic E-state index is 0.0636. The second kappa shape index (κ2) is 6.18. The zero-order chi connectivity index (χ0) is 16.2. The van der Waals surface area contributed by atoms with Crippen LogP contribution in [0.25, 0.3) is 0 Å². The number of imidazole rings is 1.